The van der Waals surface area contributed by atoms with Gasteiger partial charge < -0.3 is 5.32 Å². The van der Waals surface area contributed by atoms with Crippen LogP contribution in [0.1, 0.15) is 12.8 Å². The number of nitriles is 1. The average molecular weight is 189 g/mol. The summed E-state index contributed by atoms with van der Waals surface area (Å²) in [5.41, 5.74) is 0. The first-order chi connectivity index (χ1) is 4.33. The maximum absolute atomic E-state index is 8.47. The maximum Gasteiger partial charge on any atom is 0.0669 e. The zero-order valence-corrected chi connectivity index (χ0v) is 6.69. The van der Waals surface area contributed by atoms with E-state index in [-0.39, 0.29) is 5.92 Å². The lowest BCUT2D eigenvalue weighted by Crippen LogP contribution is -2.34. The van der Waals surface area contributed by atoms with Crippen LogP contribution in [0.4, 0.5) is 0 Å². The monoisotopic (exact) mass is 188 g/mol. The number of hydrogen-bond acceptors (Lipinski definition) is 2. The summed E-state index contributed by atoms with van der Waals surface area (Å²) in [7, 11) is 0. The molecule has 1 fully saturated rings. The van der Waals surface area contributed by atoms with Crippen molar-refractivity contribution < 1.29 is 0 Å². The quantitative estimate of drug-likeness (QED) is 0.459. The van der Waals surface area contributed by atoms with Crippen molar-refractivity contribution in [1.82, 2.24) is 5.32 Å². The fraction of sp³-hybridized carbons (Fsp3) is 0.833. The second kappa shape index (κ2) is 3.19. The van der Waals surface area contributed by atoms with Gasteiger partial charge in [0.05, 0.1) is 16.9 Å². The first-order valence-corrected chi connectivity index (χ1v) is 4.01. The van der Waals surface area contributed by atoms with Gasteiger partial charge >= 0.3 is 0 Å². The maximum atomic E-state index is 8.47. The Kier molecular flexibility index (Phi) is 2.49. The summed E-state index contributed by atoms with van der Waals surface area (Å²) < 4.78 is 0. The minimum Gasteiger partial charge on any atom is -0.304 e. The molecule has 1 saturated heterocycles. The number of nitrogens with one attached hydrogen (secondary N) is 1. The molecular formula is C6H9BrN2. The molecule has 2 nitrogen and oxygen atoms in total. The van der Waals surface area contributed by atoms with Gasteiger partial charge in [-0.25, -0.2) is 0 Å². The van der Waals surface area contributed by atoms with Crippen molar-refractivity contribution in [3.63, 3.8) is 0 Å². The molecule has 1 aliphatic rings. The summed E-state index contributed by atoms with van der Waals surface area (Å²) in [6, 6.07) is 2.24. The van der Waals surface area contributed by atoms with Crippen LogP contribution in [0.3, 0.4) is 0 Å². The molecule has 0 amide bonds. The largest absolute Gasteiger partial charge is 0.304 e. The second-order valence-corrected chi connectivity index (χ2v) is 3.38. The van der Waals surface area contributed by atoms with Crippen molar-refractivity contribution in [1.29, 1.82) is 5.26 Å². The Labute approximate surface area is 63.4 Å². The Morgan fingerprint density at radius 1 is 1.56 bits per heavy atom. The standard InChI is InChI=1S/C6H9BrN2/c7-6-2-1-5(3-8)4-9-6/h5-6,9H,1-2,4H2. The van der Waals surface area contributed by atoms with Gasteiger partial charge in [0.25, 0.3) is 0 Å². The number of alkyl halides is 1. The summed E-state index contributed by atoms with van der Waals surface area (Å²) in [6.45, 7) is 0.840. The Balaban J connectivity index is 2.28. The van der Waals surface area contributed by atoms with Gasteiger partial charge in [-0.05, 0) is 12.8 Å². The molecule has 1 heterocycles. The van der Waals surface area contributed by atoms with Crippen LogP contribution in [0.25, 0.3) is 0 Å². The van der Waals surface area contributed by atoms with E-state index in [1.807, 2.05) is 0 Å². The van der Waals surface area contributed by atoms with Crippen molar-refractivity contribution in [2.24, 2.45) is 5.92 Å². The van der Waals surface area contributed by atoms with Crippen LogP contribution in [-0.4, -0.2) is 11.5 Å². The summed E-state index contributed by atoms with van der Waals surface area (Å²) in [4.78, 5) is 0.432. The van der Waals surface area contributed by atoms with Gasteiger partial charge in [0.15, 0.2) is 0 Å². The van der Waals surface area contributed by atoms with Crippen molar-refractivity contribution >= 4 is 15.9 Å². The van der Waals surface area contributed by atoms with E-state index in [0.29, 0.717) is 4.95 Å². The molecule has 0 bridgehead atoms. The normalized spacial score (nSPS) is 35.6. The van der Waals surface area contributed by atoms with Gasteiger partial charge in [0, 0.05) is 6.54 Å². The second-order valence-electron chi connectivity index (χ2n) is 2.28. The Bertz CT molecular complexity index is 122. The lowest BCUT2D eigenvalue weighted by atomic mass is 10.0. The lowest BCUT2D eigenvalue weighted by molar-refractivity contribution is 0.428. The third kappa shape index (κ3) is 1.96. The minimum atomic E-state index is 0.235. The average Bonchev–Trinajstić information content (AvgIpc) is 1.90. The minimum absolute atomic E-state index is 0.235. The molecular weight excluding hydrogens is 180 g/mol. The third-order valence-corrected chi connectivity index (χ3v) is 2.32. The molecule has 2 atom stereocenters. The summed E-state index contributed by atoms with van der Waals surface area (Å²) in [5.74, 6) is 0.235. The van der Waals surface area contributed by atoms with Gasteiger partial charge in [-0.1, -0.05) is 15.9 Å². The first-order valence-electron chi connectivity index (χ1n) is 3.10. The van der Waals surface area contributed by atoms with E-state index in [0.717, 1.165) is 19.4 Å². The number of nitrogens with zero attached hydrogens (tertiary/aromatic N) is 1. The van der Waals surface area contributed by atoms with E-state index in [9.17, 15) is 0 Å². The lowest BCUT2D eigenvalue weighted by Gasteiger charge is -2.21. The van der Waals surface area contributed by atoms with Crippen LogP contribution in [0.2, 0.25) is 0 Å². The summed E-state index contributed by atoms with van der Waals surface area (Å²) in [6.07, 6.45) is 2.09. The van der Waals surface area contributed by atoms with Gasteiger partial charge in [-0.2, -0.15) is 5.26 Å². The highest BCUT2D eigenvalue weighted by Crippen LogP contribution is 2.16. The van der Waals surface area contributed by atoms with E-state index >= 15 is 0 Å². The SMILES string of the molecule is N#CC1CCC(Br)NC1. The summed E-state index contributed by atoms with van der Waals surface area (Å²) in [5, 5.41) is 11.6. The van der Waals surface area contributed by atoms with E-state index in [1.165, 1.54) is 0 Å². The molecule has 0 aromatic heterocycles. The number of hydrogen-bond donors (Lipinski definition) is 1. The van der Waals surface area contributed by atoms with Gasteiger partial charge in [-0.3, -0.25) is 0 Å². The Hall–Kier alpha value is -0.0700. The van der Waals surface area contributed by atoms with Gasteiger partial charge in [0.2, 0.25) is 0 Å². The van der Waals surface area contributed by atoms with E-state index in [1.54, 1.807) is 0 Å². The topological polar surface area (TPSA) is 35.8 Å². The zero-order chi connectivity index (χ0) is 6.69. The predicted octanol–water partition coefficient (Wildman–Crippen LogP) is 1.23. The van der Waals surface area contributed by atoms with Crippen LogP contribution in [0.15, 0.2) is 0 Å². The Morgan fingerprint density at radius 2 is 2.33 bits per heavy atom. The molecule has 0 aliphatic carbocycles. The first kappa shape index (κ1) is 7.04. The molecule has 1 N–H and O–H groups in total. The molecule has 9 heavy (non-hydrogen) atoms. The van der Waals surface area contributed by atoms with Crippen molar-refractivity contribution in [2.45, 2.75) is 17.8 Å². The third-order valence-electron chi connectivity index (χ3n) is 1.54. The van der Waals surface area contributed by atoms with Crippen LogP contribution < -0.4 is 5.32 Å². The van der Waals surface area contributed by atoms with Crippen LogP contribution in [-0.2, 0) is 0 Å². The molecule has 0 saturated carbocycles. The molecule has 0 radical (unpaired) electrons. The zero-order valence-electron chi connectivity index (χ0n) is 5.10. The highest BCUT2D eigenvalue weighted by atomic mass is 79.9. The number of piperidine rings is 1. The molecule has 0 spiro atoms. The Morgan fingerprint density at radius 3 is 2.78 bits per heavy atom. The molecule has 1 rings (SSSR count). The summed E-state index contributed by atoms with van der Waals surface area (Å²) >= 11 is 3.42. The van der Waals surface area contributed by atoms with Crippen LogP contribution in [0, 0.1) is 17.2 Å². The molecule has 2 unspecified atom stereocenters. The predicted molar refractivity (Wildman–Crippen MR) is 39.1 cm³/mol. The van der Waals surface area contributed by atoms with Crippen LogP contribution >= 0.6 is 15.9 Å². The van der Waals surface area contributed by atoms with Crippen LogP contribution in [0.5, 0.6) is 0 Å². The van der Waals surface area contributed by atoms with E-state index < -0.39 is 0 Å². The molecule has 1 aliphatic heterocycles. The van der Waals surface area contributed by atoms with Crippen molar-refractivity contribution in [3.8, 4) is 6.07 Å². The van der Waals surface area contributed by atoms with Crippen molar-refractivity contribution in [2.75, 3.05) is 6.54 Å². The smallest absolute Gasteiger partial charge is 0.0669 e. The van der Waals surface area contributed by atoms with Gasteiger partial charge in [0.1, 0.15) is 0 Å². The van der Waals surface area contributed by atoms with Crippen molar-refractivity contribution in [3.05, 3.63) is 0 Å². The van der Waals surface area contributed by atoms with Gasteiger partial charge in [-0.15, -0.1) is 0 Å². The molecule has 0 aromatic rings. The number of halogens is 1. The van der Waals surface area contributed by atoms with E-state index in [4.69, 9.17) is 5.26 Å². The highest BCUT2D eigenvalue weighted by molar-refractivity contribution is 9.09. The molecule has 50 valence electrons. The fourth-order valence-corrected chi connectivity index (χ4v) is 1.38. The van der Waals surface area contributed by atoms with E-state index in [2.05, 4.69) is 27.3 Å². The number of rotatable bonds is 0. The molecule has 0 aromatic carbocycles. The highest BCUT2D eigenvalue weighted by Gasteiger charge is 2.16. The fourth-order valence-electron chi connectivity index (χ4n) is 0.932. The molecule has 3 heteroatoms.